The van der Waals surface area contributed by atoms with Crippen LogP contribution in [0.25, 0.3) is 0 Å². The lowest BCUT2D eigenvalue weighted by Crippen LogP contribution is -2.30. The van der Waals surface area contributed by atoms with Gasteiger partial charge in [-0.3, -0.25) is 0 Å². The van der Waals surface area contributed by atoms with Crippen LogP contribution in [0.4, 0.5) is 0 Å². The summed E-state index contributed by atoms with van der Waals surface area (Å²) in [6, 6.07) is 2.75. The molecule has 2 heteroatoms. The summed E-state index contributed by atoms with van der Waals surface area (Å²) >= 11 is 1.77. The fraction of sp³-hybridized carbons (Fsp3) is 0.500. The summed E-state index contributed by atoms with van der Waals surface area (Å²) in [5.74, 6) is 0. The SMILES string of the molecule is C=C(C)CC(Cc1ccsc1)NCC. The fourth-order valence-electron chi connectivity index (χ4n) is 1.62. The highest BCUT2D eigenvalue weighted by Crippen LogP contribution is 2.12. The minimum Gasteiger partial charge on any atom is -0.314 e. The van der Waals surface area contributed by atoms with Crippen LogP contribution in [0.2, 0.25) is 0 Å². The number of nitrogens with one attached hydrogen (secondary N) is 1. The lowest BCUT2D eigenvalue weighted by Gasteiger charge is -2.17. The van der Waals surface area contributed by atoms with Crippen molar-refractivity contribution in [1.29, 1.82) is 0 Å². The van der Waals surface area contributed by atoms with E-state index in [4.69, 9.17) is 0 Å². The van der Waals surface area contributed by atoms with E-state index in [1.165, 1.54) is 11.1 Å². The van der Waals surface area contributed by atoms with Crippen LogP contribution in [0.1, 0.15) is 25.8 Å². The molecule has 1 aromatic rings. The average Bonchev–Trinajstić information content (AvgIpc) is 2.56. The Morgan fingerprint density at radius 2 is 2.43 bits per heavy atom. The van der Waals surface area contributed by atoms with Crippen molar-refractivity contribution in [2.45, 2.75) is 32.7 Å². The Balaban J connectivity index is 2.46. The van der Waals surface area contributed by atoms with Crippen molar-refractivity contribution >= 4 is 11.3 Å². The molecule has 0 spiro atoms. The van der Waals surface area contributed by atoms with Crippen LogP contribution >= 0.6 is 11.3 Å². The Hall–Kier alpha value is -0.600. The molecule has 0 aromatic carbocycles. The number of hydrogen-bond donors (Lipinski definition) is 1. The van der Waals surface area contributed by atoms with E-state index in [1.807, 2.05) is 0 Å². The first kappa shape index (κ1) is 11.5. The highest BCUT2D eigenvalue weighted by Gasteiger charge is 2.08. The van der Waals surface area contributed by atoms with Gasteiger partial charge in [-0.2, -0.15) is 11.3 Å². The number of hydrogen-bond acceptors (Lipinski definition) is 2. The zero-order valence-corrected chi connectivity index (χ0v) is 9.86. The lowest BCUT2D eigenvalue weighted by atomic mass is 10.0. The van der Waals surface area contributed by atoms with E-state index in [9.17, 15) is 0 Å². The molecule has 0 amide bonds. The maximum atomic E-state index is 3.97. The van der Waals surface area contributed by atoms with Gasteiger partial charge < -0.3 is 5.32 Å². The fourth-order valence-corrected chi connectivity index (χ4v) is 2.30. The quantitative estimate of drug-likeness (QED) is 0.709. The highest BCUT2D eigenvalue weighted by atomic mass is 32.1. The van der Waals surface area contributed by atoms with Crippen molar-refractivity contribution in [2.75, 3.05) is 6.54 Å². The Bertz CT molecular complexity index is 264. The normalized spacial score (nSPS) is 12.7. The van der Waals surface area contributed by atoms with Crippen LogP contribution < -0.4 is 5.32 Å². The second-order valence-electron chi connectivity index (χ2n) is 3.75. The zero-order valence-electron chi connectivity index (χ0n) is 9.05. The summed E-state index contributed by atoms with van der Waals surface area (Å²) in [6.07, 6.45) is 2.19. The first-order chi connectivity index (χ1) is 6.72. The number of thiophene rings is 1. The first-order valence-electron chi connectivity index (χ1n) is 5.11. The Morgan fingerprint density at radius 3 is 2.93 bits per heavy atom. The third-order valence-electron chi connectivity index (χ3n) is 2.15. The summed E-state index contributed by atoms with van der Waals surface area (Å²) in [7, 11) is 0. The van der Waals surface area contributed by atoms with Gasteiger partial charge in [-0.1, -0.05) is 12.5 Å². The van der Waals surface area contributed by atoms with Crippen LogP contribution in [0.3, 0.4) is 0 Å². The molecule has 78 valence electrons. The van der Waals surface area contributed by atoms with Gasteiger partial charge >= 0.3 is 0 Å². The lowest BCUT2D eigenvalue weighted by molar-refractivity contribution is 0.521. The van der Waals surface area contributed by atoms with Crippen LogP contribution in [0, 0.1) is 0 Å². The molecule has 0 aliphatic heterocycles. The van der Waals surface area contributed by atoms with Crippen molar-refractivity contribution in [2.24, 2.45) is 0 Å². The van der Waals surface area contributed by atoms with Crippen LogP contribution in [0.15, 0.2) is 29.0 Å². The van der Waals surface area contributed by atoms with Crippen molar-refractivity contribution in [3.63, 3.8) is 0 Å². The monoisotopic (exact) mass is 209 g/mol. The van der Waals surface area contributed by atoms with Gasteiger partial charge in [0.2, 0.25) is 0 Å². The van der Waals surface area contributed by atoms with E-state index in [0.29, 0.717) is 6.04 Å². The van der Waals surface area contributed by atoms with Gasteiger partial charge in [-0.25, -0.2) is 0 Å². The second-order valence-corrected chi connectivity index (χ2v) is 4.53. The van der Waals surface area contributed by atoms with Crippen LogP contribution in [0.5, 0.6) is 0 Å². The van der Waals surface area contributed by atoms with Crippen LogP contribution in [-0.4, -0.2) is 12.6 Å². The maximum Gasteiger partial charge on any atom is 0.0145 e. The van der Waals surface area contributed by atoms with Crippen molar-refractivity contribution in [1.82, 2.24) is 5.32 Å². The Kier molecular flexibility index (Phi) is 4.91. The molecule has 0 saturated carbocycles. The van der Waals surface area contributed by atoms with E-state index in [-0.39, 0.29) is 0 Å². The van der Waals surface area contributed by atoms with E-state index >= 15 is 0 Å². The molecule has 1 N–H and O–H groups in total. The minimum atomic E-state index is 0.548. The number of likely N-dealkylation sites (N-methyl/N-ethyl adjacent to an activating group) is 1. The summed E-state index contributed by atoms with van der Waals surface area (Å²) in [5.41, 5.74) is 2.69. The molecular weight excluding hydrogens is 190 g/mol. The molecule has 1 unspecified atom stereocenters. The molecule has 0 radical (unpaired) electrons. The van der Waals surface area contributed by atoms with Crippen molar-refractivity contribution < 1.29 is 0 Å². The van der Waals surface area contributed by atoms with E-state index in [1.54, 1.807) is 11.3 Å². The van der Waals surface area contributed by atoms with Crippen molar-refractivity contribution in [3.8, 4) is 0 Å². The molecular formula is C12H19NS. The summed E-state index contributed by atoms with van der Waals surface area (Å²) in [4.78, 5) is 0. The highest BCUT2D eigenvalue weighted by molar-refractivity contribution is 7.07. The second kappa shape index (κ2) is 5.99. The maximum absolute atomic E-state index is 3.97. The van der Waals surface area contributed by atoms with E-state index in [0.717, 1.165) is 19.4 Å². The Morgan fingerprint density at radius 1 is 1.64 bits per heavy atom. The van der Waals surface area contributed by atoms with Gasteiger partial charge in [0, 0.05) is 6.04 Å². The molecule has 0 aliphatic rings. The molecule has 1 atom stereocenters. The van der Waals surface area contributed by atoms with Gasteiger partial charge in [0.05, 0.1) is 0 Å². The summed E-state index contributed by atoms with van der Waals surface area (Å²) in [6.45, 7) is 9.25. The third kappa shape index (κ3) is 4.07. The Labute approximate surface area is 90.9 Å². The first-order valence-corrected chi connectivity index (χ1v) is 6.05. The molecule has 0 saturated heterocycles. The van der Waals surface area contributed by atoms with E-state index in [2.05, 4.69) is 42.6 Å². The largest absolute Gasteiger partial charge is 0.314 e. The number of rotatable bonds is 6. The predicted octanol–water partition coefficient (Wildman–Crippen LogP) is 3.23. The summed E-state index contributed by atoms with van der Waals surface area (Å²) < 4.78 is 0. The minimum absolute atomic E-state index is 0.548. The molecule has 1 aromatic heterocycles. The van der Waals surface area contributed by atoms with Crippen molar-refractivity contribution in [3.05, 3.63) is 34.5 Å². The third-order valence-corrected chi connectivity index (χ3v) is 2.88. The molecule has 1 nitrogen and oxygen atoms in total. The molecule has 1 heterocycles. The van der Waals surface area contributed by atoms with Gasteiger partial charge in [-0.15, -0.1) is 6.58 Å². The zero-order chi connectivity index (χ0) is 10.4. The summed E-state index contributed by atoms with van der Waals surface area (Å²) in [5, 5.41) is 7.86. The topological polar surface area (TPSA) is 12.0 Å². The van der Waals surface area contributed by atoms with Gasteiger partial charge in [0.1, 0.15) is 0 Å². The van der Waals surface area contributed by atoms with Gasteiger partial charge in [0.25, 0.3) is 0 Å². The molecule has 0 aliphatic carbocycles. The molecule has 0 fully saturated rings. The average molecular weight is 209 g/mol. The van der Waals surface area contributed by atoms with E-state index < -0.39 is 0 Å². The predicted molar refractivity (Wildman–Crippen MR) is 64.9 cm³/mol. The smallest absolute Gasteiger partial charge is 0.0145 e. The molecule has 0 bridgehead atoms. The standard InChI is InChI=1S/C12H19NS/c1-4-13-12(7-10(2)3)8-11-5-6-14-9-11/h5-6,9,12-13H,2,4,7-8H2,1,3H3. The molecule has 1 rings (SSSR count). The van der Waals surface area contributed by atoms with Gasteiger partial charge in [-0.05, 0) is 48.7 Å². The molecule has 14 heavy (non-hydrogen) atoms. The van der Waals surface area contributed by atoms with Gasteiger partial charge in [0.15, 0.2) is 0 Å². The van der Waals surface area contributed by atoms with Crippen LogP contribution in [-0.2, 0) is 6.42 Å².